The van der Waals surface area contributed by atoms with Crippen LogP contribution in [0.2, 0.25) is 0 Å². The van der Waals surface area contributed by atoms with Crippen LogP contribution in [0.4, 0.5) is 0 Å². The highest BCUT2D eigenvalue weighted by atomic mass is 16.2. The van der Waals surface area contributed by atoms with Gasteiger partial charge in [-0.15, -0.1) is 0 Å². The third kappa shape index (κ3) is 3.00. The summed E-state index contributed by atoms with van der Waals surface area (Å²) in [5.41, 5.74) is 3.02. The minimum Gasteiger partial charge on any atom is -0.338 e. The van der Waals surface area contributed by atoms with Gasteiger partial charge in [-0.3, -0.25) is 14.8 Å². The first-order chi connectivity index (χ1) is 11.8. The van der Waals surface area contributed by atoms with Crippen molar-refractivity contribution in [1.29, 1.82) is 0 Å². The zero-order valence-corrected chi connectivity index (χ0v) is 13.4. The van der Waals surface area contributed by atoms with Gasteiger partial charge in [-0.25, -0.2) is 0 Å². The molecule has 24 heavy (non-hydrogen) atoms. The average Bonchev–Trinajstić information content (AvgIpc) is 3.10. The number of hydrogen-bond acceptors (Lipinski definition) is 3. The Hall–Kier alpha value is -2.75. The molecule has 3 heterocycles. The molecule has 0 radical (unpaired) electrons. The number of hydrogen-bond donors (Lipinski definition) is 0. The molecule has 1 amide bonds. The number of likely N-dealkylation sites (tertiary alicyclic amines) is 1. The lowest BCUT2D eigenvalue weighted by Gasteiger charge is -2.16. The smallest absolute Gasteiger partial charge is 0.255 e. The van der Waals surface area contributed by atoms with E-state index in [9.17, 15) is 4.79 Å². The van der Waals surface area contributed by atoms with Gasteiger partial charge in [0, 0.05) is 37.1 Å². The number of carbonyl (C=O) groups is 1. The topological polar surface area (TPSA) is 46.1 Å². The van der Waals surface area contributed by atoms with Crippen LogP contribution in [-0.2, 0) is 6.42 Å². The van der Waals surface area contributed by atoms with Crippen molar-refractivity contribution < 1.29 is 4.79 Å². The fourth-order valence-electron chi connectivity index (χ4n) is 3.44. The van der Waals surface area contributed by atoms with Crippen LogP contribution in [-0.4, -0.2) is 33.9 Å². The Balaban J connectivity index is 1.44. The molecule has 4 heteroatoms. The van der Waals surface area contributed by atoms with Crippen LogP contribution in [0.1, 0.15) is 22.3 Å². The molecule has 1 aliphatic heterocycles. The maximum Gasteiger partial charge on any atom is 0.255 e. The Labute approximate surface area is 141 Å². The summed E-state index contributed by atoms with van der Waals surface area (Å²) in [6.45, 7) is 1.65. The van der Waals surface area contributed by atoms with E-state index in [2.05, 4.69) is 34.2 Å². The van der Waals surface area contributed by atoms with Gasteiger partial charge < -0.3 is 4.90 Å². The molecule has 4 rings (SSSR count). The van der Waals surface area contributed by atoms with Crippen LogP contribution < -0.4 is 0 Å². The number of amides is 1. The van der Waals surface area contributed by atoms with Gasteiger partial charge in [-0.05, 0) is 54.7 Å². The van der Waals surface area contributed by atoms with Gasteiger partial charge in [0.15, 0.2) is 0 Å². The molecule has 0 spiro atoms. The highest BCUT2D eigenvalue weighted by molar-refractivity contribution is 5.94. The molecule has 120 valence electrons. The molecule has 1 atom stereocenters. The lowest BCUT2D eigenvalue weighted by atomic mass is 9.97. The molecular formula is C20H19N3O. The van der Waals surface area contributed by atoms with E-state index in [1.54, 1.807) is 12.4 Å². The zero-order chi connectivity index (χ0) is 16.4. The molecule has 0 bridgehead atoms. The van der Waals surface area contributed by atoms with Crippen molar-refractivity contribution in [1.82, 2.24) is 14.9 Å². The Kier molecular flexibility index (Phi) is 3.95. The van der Waals surface area contributed by atoms with Crippen LogP contribution in [0.25, 0.3) is 10.9 Å². The third-order valence-corrected chi connectivity index (χ3v) is 4.67. The number of aromatic nitrogens is 2. The first kappa shape index (κ1) is 14.8. The fraction of sp³-hybridized carbons (Fsp3) is 0.250. The van der Waals surface area contributed by atoms with Crippen molar-refractivity contribution >= 4 is 16.8 Å². The Bertz CT molecular complexity index is 863. The van der Waals surface area contributed by atoms with Gasteiger partial charge >= 0.3 is 0 Å². The molecule has 0 aliphatic carbocycles. The van der Waals surface area contributed by atoms with Gasteiger partial charge in [-0.1, -0.05) is 12.1 Å². The molecule has 0 saturated carbocycles. The summed E-state index contributed by atoms with van der Waals surface area (Å²) in [6.07, 6.45) is 7.21. The van der Waals surface area contributed by atoms with Crippen molar-refractivity contribution in [3.63, 3.8) is 0 Å². The maximum atomic E-state index is 12.5. The second kappa shape index (κ2) is 6.40. The summed E-state index contributed by atoms with van der Waals surface area (Å²) in [4.78, 5) is 22.8. The van der Waals surface area contributed by atoms with Gasteiger partial charge in [0.2, 0.25) is 0 Å². The minimum absolute atomic E-state index is 0.0910. The lowest BCUT2D eigenvalue weighted by molar-refractivity contribution is 0.0786. The number of fused-ring (bicyclic) bond motifs is 1. The average molecular weight is 317 g/mol. The minimum atomic E-state index is 0.0910. The second-order valence-electron chi connectivity index (χ2n) is 6.38. The molecule has 1 saturated heterocycles. The van der Waals surface area contributed by atoms with Crippen molar-refractivity contribution in [2.75, 3.05) is 13.1 Å². The first-order valence-electron chi connectivity index (χ1n) is 8.32. The monoisotopic (exact) mass is 317 g/mol. The van der Waals surface area contributed by atoms with Crippen LogP contribution in [0.3, 0.4) is 0 Å². The summed E-state index contributed by atoms with van der Waals surface area (Å²) in [7, 11) is 0. The number of pyridine rings is 2. The van der Waals surface area contributed by atoms with E-state index in [1.807, 2.05) is 29.3 Å². The SMILES string of the molecule is O=C(c1cccnc1)N1CCC(Cc2ccc3ncccc3c2)C1. The fourth-order valence-corrected chi connectivity index (χ4v) is 3.44. The highest BCUT2D eigenvalue weighted by Crippen LogP contribution is 2.24. The summed E-state index contributed by atoms with van der Waals surface area (Å²) in [5.74, 6) is 0.605. The van der Waals surface area contributed by atoms with Crippen LogP contribution in [0, 0.1) is 5.92 Å². The van der Waals surface area contributed by atoms with E-state index in [0.717, 1.165) is 31.4 Å². The Morgan fingerprint density at radius 1 is 1.17 bits per heavy atom. The van der Waals surface area contributed by atoms with Gasteiger partial charge in [0.25, 0.3) is 5.91 Å². The predicted molar refractivity (Wildman–Crippen MR) is 93.7 cm³/mol. The molecule has 1 aliphatic rings. The van der Waals surface area contributed by atoms with E-state index < -0.39 is 0 Å². The molecule has 4 nitrogen and oxygen atoms in total. The molecule has 0 N–H and O–H groups in total. The van der Waals surface area contributed by atoms with Crippen molar-refractivity contribution in [3.8, 4) is 0 Å². The first-order valence-corrected chi connectivity index (χ1v) is 8.32. The maximum absolute atomic E-state index is 12.5. The number of benzene rings is 1. The summed E-state index contributed by atoms with van der Waals surface area (Å²) >= 11 is 0. The van der Waals surface area contributed by atoms with E-state index in [4.69, 9.17) is 0 Å². The Morgan fingerprint density at radius 3 is 2.96 bits per heavy atom. The predicted octanol–water partition coefficient (Wildman–Crippen LogP) is 3.33. The van der Waals surface area contributed by atoms with Gasteiger partial charge in [0.05, 0.1) is 11.1 Å². The molecule has 2 aromatic heterocycles. The van der Waals surface area contributed by atoms with Crippen LogP contribution >= 0.6 is 0 Å². The van der Waals surface area contributed by atoms with Crippen LogP contribution in [0.15, 0.2) is 61.1 Å². The second-order valence-corrected chi connectivity index (χ2v) is 6.38. The molecule has 1 fully saturated rings. The van der Waals surface area contributed by atoms with E-state index in [1.165, 1.54) is 10.9 Å². The van der Waals surface area contributed by atoms with Crippen LogP contribution in [0.5, 0.6) is 0 Å². The van der Waals surface area contributed by atoms with Gasteiger partial charge in [-0.2, -0.15) is 0 Å². The standard InChI is InChI=1S/C20H19N3O/c24-20(18-4-1-8-21-13-18)23-10-7-16(14-23)11-15-5-6-19-17(12-15)3-2-9-22-19/h1-6,8-9,12-13,16H,7,10-11,14H2. The van der Waals surface area contributed by atoms with E-state index in [-0.39, 0.29) is 5.91 Å². The quantitative estimate of drug-likeness (QED) is 0.744. The molecule has 3 aromatic rings. The number of rotatable bonds is 3. The lowest BCUT2D eigenvalue weighted by Crippen LogP contribution is -2.29. The van der Waals surface area contributed by atoms with Crippen molar-refractivity contribution in [2.45, 2.75) is 12.8 Å². The van der Waals surface area contributed by atoms with E-state index in [0.29, 0.717) is 11.5 Å². The Morgan fingerprint density at radius 2 is 2.08 bits per heavy atom. The summed E-state index contributed by atoms with van der Waals surface area (Å²) in [6, 6.07) is 14.2. The molecular weight excluding hydrogens is 298 g/mol. The van der Waals surface area contributed by atoms with Crippen molar-refractivity contribution in [3.05, 3.63) is 72.2 Å². The normalized spacial score (nSPS) is 17.3. The number of nitrogens with zero attached hydrogens (tertiary/aromatic N) is 3. The largest absolute Gasteiger partial charge is 0.338 e. The van der Waals surface area contributed by atoms with E-state index >= 15 is 0 Å². The summed E-state index contributed by atoms with van der Waals surface area (Å²) < 4.78 is 0. The third-order valence-electron chi connectivity index (χ3n) is 4.67. The van der Waals surface area contributed by atoms with Crippen molar-refractivity contribution in [2.24, 2.45) is 5.92 Å². The van der Waals surface area contributed by atoms with Gasteiger partial charge in [0.1, 0.15) is 0 Å². The highest BCUT2D eigenvalue weighted by Gasteiger charge is 2.27. The number of carbonyl (C=O) groups excluding carboxylic acids is 1. The molecule has 1 unspecified atom stereocenters. The molecule has 1 aromatic carbocycles. The summed E-state index contributed by atoms with van der Waals surface area (Å²) in [5, 5.41) is 1.18. The zero-order valence-electron chi connectivity index (χ0n) is 13.4.